The van der Waals surface area contributed by atoms with Crippen molar-refractivity contribution >= 4 is 55.2 Å². The Kier molecular flexibility index (Phi) is 6.67. The third-order valence-electron chi connectivity index (χ3n) is 6.16. The van der Waals surface area contributed by atoms with Crippen molar-refractivity contribution in [3.8, 4) is 11.5 Å². The number of ketones is 1. The molecule has 0 aliphatic carbocycles. The van der Waals surface area contributed by atoms with E-state index in [4.69, 9.17) is 14.6 Å². The van der Waals surface area contributed by atoms with Gasteiger partial charge in [-0.1, -0.05) is 50.1 Å². The number of hydrazone groups is 1. The van der Waals surface area contributed by atoms with Crippen LogP contribution in [0.25, 0.3) is 6.08 Å². The Hall–Kier alpha value is -3.10. The molecule has 0 N–H and O–H groups in total. The number of fused-ring (bicyclic) bond motifs is 3. The van der Waals surface area contributed by atoms with Gasteiger partial charge in [0, 0.05) is 21.1 Å². The molecule has 35 heavy (non-hydrogen) atoms. The summed E-state index contributed by atoms with van der Waals surface area (Å²) in [6, 6.07) is 19.8. The van der Waals surface area contributed by atoms with Gasteiger partial charge in [-0.3, -0.25) is 4.79 Å². The third kappa shape index (κ3) is 4.60. The molecular weight excluding hydrogens is 574 g/mol. The number of carbonyl (C=O) groups is 1. The quantitative estimate of drug-likeness (QED) is 0.317. The second-order valence-electron chi connectivity index (χ2n) is 8.22. The molecule has 5 rings (SSSR count). The van der Waals surface area contributed by atoms with Crippen molar-refractivity contribution in [1.29, 1.82) is 0 Å². The van der Waals surface area contributed by atoms with Gasteiger partial charge in [0.25, 0.3) is 0 Å². The number of halogens is 2. The lowest BCUT2D eigenvalue weighted by molar-refractivity contribution is -0.109. The molecule has 0 saturated heterocycles. The fraction of sp³-hybridized carbons (Fsp3) is 0.185. The predicted molar refractivity (Wildman–Crippen MR) is 145 cm³/mol. The van der Waals surface area contributed by atoms with Gasteiger partial charge >= 0.3 is 0 Å². The first-order chi connectivity index (χ1) is 17.0. The van der Waals surface area contributed by atoms with Gasteiger partial charge in [0.1, 0.15) is 0 Å². The van der Waals surface area contributed by atoms with Crippen LogP contribution in [0.1, 0.15) is 22.9 Å². The van der Waals surface area contributed by atoms with E-state index >= 15 is 0 Å². The van der Waals surface area contributed by atoms with Gasteiger partial charge in [0.05, 0.1) is 19.9 Å². The Morgan fingerprint density at radius 1 is 0.971 bits per heavy atom. The van der Waals surface area contributed by atoms with Crippen LogP contribution in [0.4, 0.5) is 5.69 Å². The smallest absolute Gasteiger partial charge is 0.222 e. The van der Waals surface area contributed by atoms with Gasteiger partial charge in [0.2, 0.25) is 5.78 Å². The van der Waals surface area contributed by atoms with E-state index in [-0.39, 0.29) is 11.9 Å². The summed E-state index contributed by atoms with van der Waals surface area (Å²) in [4.78, 5) is 15.4. The van der Waals surface area contributed by atoms with Crippen LogP contribution in [0.15, 0.2) is 80.8 Å². The van der Waals surface area contributed by atoms with Crippen LogP contribution >= 0.6 is 31.9 Å². The number of amidine groups is 1. The van der Waals surface area contributed by atoms with E-state index in [2.05, 4.69) is 36.8 Å². The first kappa shape index (κ1) is 23.6. The molecule has 0 saturated carbocycles. The highest BCUT2D eigenvalue weighted by Crippen LogP contribution is 2.44. The van der Waals surface area contributed by atoms with Crippen LogP contribution in [0.3, 0.4) is 0 Å². The molecule has 2 aliphatic heterocycles. The van der Waals surface area contributed by atoms with Crippen LogP contribution < -0.4 is 14.5 Å². The summed E-state index contributed by atoms with van der Waals surface area (Å²) in [6.45, 7) is 0.664. The molecule has 0 bridgehead atoms. The highest BCUT2D eigenvalue weighted by molar-refractivity contribution is 9.10. The van der Waals surface area contributed by atoms with Gasteiger partial charge in [-0.25, -0.2) is 5.01 Å². The fourth-order valence-corrected chi connectivity index (χ4v) is 4.96. The molecule has 6 nitrogen and oxygen atoms in total. The first-order valence-electron chi connectivity index (χ1n) is 11.1. The number of nitrogens with zero attached hydrogens (tertiary/aromatic N) is 3. The number of hydrogen-bond donors (Lipinski definition) is 0. The molecule has 0 spiro atoms. The van der Waals surface area contributed by atoms with Gasteiger partial charge < -0.3 is 14.4 Å². The van der Waals surface area contributed by atoms with Crippen LogP contribution in [0.2, 0.25) is 0 Å². The molecule has 3 aromatic rings. The highest BCUT2D eigenvalue weighted by atomic mass is 79.9. The maximum Gasteiger partial charge on any atom is 0.222 e. The lowest BCUT2D eigenvalue weighted by atomic mass is 9.95. The minimum absolute atomic E-state index is 0.138. The minimum Gasteiger partial charge on any atom is -0.493 e. The lowest BCUT2D eigenvalue weighted by Gasteiger charge is -2.37. The minimum atomic E-state index is -0.264. The SMILES string of the molecule is COc1cc2c(cc1OC)C1N(CC2)C(C(=O)/C=C/c2ccc(Br)cc2)=NN1c1ccc(Br)cc1. The van der Waals surface area contributed by atoms with E-state index in [0.29, 0.717) is 23.9 Å². The number of carbonyl (C=O) groups excluding carboxylic acids is 1. The van der Waals surface area contributed by atoms with E-state index in [1.165, 1.54) is 0 Å². The second-order valence-corrected chi connectivity index (χ2v) is 10.0. The number of benzene rings is 3. The zero-order chi connectivity index (χ0) is 24.5. The average Bonchev–Trinajstić information content (AvgIpc) is 3.28. The first-order valence-corrected chi connectivity index (χ1v) is 12.7. The van der Waals surface area contributed by atoms with Crippen LogP contribution in [-0.2, 0) is 11.2 Å². The number of hydrogen-bond acceptors (Lipinski definition) is 6. The lowest BCUT2D eigenvalue weighted by Crippen LogP contribution is -2.42. The Morgan fingerprint density at radius 2 is 1.60 bits per heavy atom. The number of anilines is 1. The van der Waals surface area contributed by atoms with E-state index in [9.17, 15) is 4.79 Å². The van der Waals surface area contributed by atoms with Crippen molar-refractivity contribution in [2.24, 2.45) is 5.10 Å². The zero-order valence-electron chi connectivity index (χ0n) is 19.2. The number of rotatable bonds is 6. The number of ether oxygens (including phenoxy) is 2. The van der Waals surface area contributed by atoms with Crippen LogP contribution in [-0.4, -0.2) is 37.3 Å². The molecule has 0 amide bonds. The standard InChI is InChI=1S/C27H23Br2N3O3/c1-34-24-15-18-13-14-31-26(23(33)12-5-17-3-6-19(28)7-4-17)30-32(21-10-8-20(29)9-11-21)27(31)22(18)16-25(24)35-2/h3-12,15-16,27H,13-14H2,1-2H3/b12-5+. The highest BCUT2D eigenvalue weighted by Gasteiger charge is 2.42. The normalized spacial score (nSPS) is 16.7. The molecule has 8 heteroatoms. The molecule has 0 aromatic heterocycles. The van der Waals surface area contributed by atoms with Crippen molar-refractivity contribution in [2.75, 3.05) is 25.8 Å². The molecular formula is C27H23Br2N3O3. The Bertz CT molecular complexity index is 1320. The summed E-state index contributed by atoms with van der Waals surface area (Å²) >= 11 is 6.95. The van der Waals surface area contributed by atoms with E-state index in [1.54, 1.807) is 20.3 Å². The summed E-state index contributed by atoms with van der Waals surface area (Å²) in [7, 11) is 3.27. The van der Waals surface area contributed by atoms with Crippen molar-refractivity contribution < 1.29 is 14.3 Å². The maximum absolute atomic E-state index is 13.4. The van der Waals surface area contributed by atoms with Crippen molar-refractivity contribution in [3.05, 3.63) is 92.4 Å². The molecule has 0 fully saturated rings. The molecule has 2 heterocycles. The fourth-order valence-electron chi connectivity index (χ4n) is 4.43. The van der Waals surface area contributed by atoms with Gasteiger partial charge in [-0.05, 0) is 72.2 Å². The average molecular weight is 597 g/mol. The van der Waals surface area contributed by atoms with Gasteiger partial charge in [-0.15, -0.1) is 5.10 Å². The molecule has 2 aliphatic rings. The largest absolute Gasteiger partial charge is 0.493 e. The summed E-state index contributed by atoms with van der Waals surface area (Å²) in [5.41, 5.74) is 4.04. The predicted octanol–water partition coefficient (Wildman–Crippen LogP) is 6.20. The monoisotopic (exact) mass is 595 g/mol. The molecule has 1 unspecified atom stereocenters. The van der Waals surface area contributed by atoms with Gasteiger partial charge in [-0.2, -0.15) is 0 Å². The van der Waals surface area contributed by atoms with Crippen molar-refractivity contribution in [1.82, 2.24) is 4.90 Å². The molecule has 178 valence electrons. The summed E-state index contributed by atoms with van der Waals surface area (Å²) in [5, 5.41) is 6.75. The maximum atomic E-state index is 13.4. The Morgan fingerprint density at radius 3 is 2.26 bits per heavy atom. The summed E-state index contributed by atoms with van der Waals surface area (Å²) in [6.07, 6.45) is 3.91. The molecule has 1 atom stereocenters. The van der Waals surface area contributed by atoms with Crippen molar-refractivity contribution in [2.45, 2.75) is 12.6 Å². The molecule has 0 radical (unpaired) electrons. The summed E-state index contributed by atoms with van der Waals surface area (Å²) < 4.78 is 13.1. The molecule has 3 aromatic carbocycles. The summed E-state index contributed by atoms with van der Waals surface area (Å²) in [5.74, 6) is 1.63. The van der Waals surface area contributed by atoms with E-state index in [1.807, 2.05) is 71.7 Å². The van der Waals surface area contributed by atoms with Crippen LogP contribution in [0, 0.1) is 0 Å². The van der Waals surface area contributed by atoms with Crippen molar-refractivity contribution in [3.63, 3.8) is 0 Å². The Labute approximate surface area is 221 Å². The zero-order valence-corrected chi connectivity index (χ0v) is 22.4. The van der Waals surface area contributed by atoms with Gasteiger partial charge in [0.15, 0.2) is 23.5 Å². The third-order valence-corrected chi connectivity index (χ3v) is 7.21. The van der Waals surface area contributed by atoms with Crippen LogP contribution in [0.5, 0.6) is 11.5 Å². The second kappa shape index (κ2) is 9.87. The van der Waals surface area contributed by atoms with E-state index in [0.717, 1.165) is 37.7 Å². The van der Waals surface area contributed by atoms with E-state index < -0.39 is 0 Å². The number of methoxy groups -OCH3 is 2. The Balaban J connectivity index is 1.55. The topological polar surface area (TPSA) is 54.4 Å².